The number of carbonyl (C=O) groups is 1. The first kappa shape index (κ1) is 14.2. The average molecular weight is 344 g/mol. The normalized spacial score (nSPS) is 10.7. The van der Waals surface area contributed by atoms with Crippen LogP contribution >= 0.6 is 27.5 Å². The highest BCUT2D eigenvalue weighted by Gasteiger charge is 2.18. The number of ether oxygens (including phenoxy) is 1. The van der Waals surface area contributed by atoms with Gasteiger partial charge in [-0.3, -0.25) is 9.48 Å². The van der Waals surface area contributed by atoms with Gasteiger partial charge in [-0.25, -0.2) is 0 Å². The molecule has 0 radical (unpaired) electrons. The van der Waals surface area contributed by atoms with Crippen LogP contribution in [0.4, 0.5) is 0 Å². The number of halogens is 2. The Kier molecular flexibility index (Phi) is 4.74. The summed E-state index contributed by atoms with van der Waals surface area (Å²) in [5.74, 6) is -0.0999. The van der Waals surface area contributed by atoms with E-state index < -0.39 is 0 Å². The Bertz CT molecular complexity index is 581. The maximum Gasteiger partial charge on any atom is 0.212 e. The van der Waals surface area contributed by atoms with Gasteiger partial charge in [0.1, 0.15) is 5.69 Å². The lowest BCUT2D eigenvalue weighted by Gasteiger charge is -2.07. The molecule has 0 saturated carbocycles. The maximum atomic E-state index is 12.4. The van der Waals surface area contributed by atoms with Crippen molar-refractivity contribution in [1.29, 1.82) is 0 Å². The number of aromatic nitrogens is 2. The van der Waals surface area contributed by atoms with Crippen molar-refractivity contribution < 1.29 is 9.53 Å². The predicted octanol–water partition coefficient (Wildman–Crippen LogP) is 3.18. The van der Waals surface area contributed by atoms with E-state index in [1.165, 1.54) is 0 Å². The van der Waals surface area contributed by atoms with Gasteiger partial charge >= 0.3 is 0 Å². The molecule has 0 aliphatic rings. The summed E-state index contributed by atoms with van der Waals surface area (Å²) in [5, 5.41) is 4.76. The zero-order chi connectivity index (χ0) is 13.8. The van der Waals surface area contributed by atoms with E-state index in [-0.39, 0.29) is 5.78 Å². The topological polar surface area (TPSA) is 44.1 Å². The van der Waals surface area contributed by atoms with Gasteiger partial charge in [0.25, 0.3) is 0 Å². The van der Waals surface area contributed by atoms with E-state index >= 15 is 0 Å². The first-order valence-corrected chi connectivity index (χ1v) is 6.81. The smallest absolute Gasteiger partial charge is 0.212 e. The molecular weight excluding hydrogens is 332 g/mol. The van der Waals surface area contributed by atoms with Gasteiger partial charge in [0.2, 0.25) is 5.78 Å². The van der Waals surface area contributed by atoms with Crippen molar-refractivity contribution in [3.63, 3.8) is 0 Å². The second-order valence-electron chi connectivity index (χ2n) is 3.89. The lowest BCUT2D eigenvalue weighted by atomic mass is 10.1. The van der Waals surface area contributed by atoms with Crippen molar-refractivity contribution in [3.05, 3.63) is 51.2 Å². The Morgan fingerprint density at radius 2 is 2.11 bits per heavy atom. The van der Waals surface area contributed by atoms with E-state index in [2.05, 4.69) is 21.0 Å². The molecule has 0 fully saturated rings. The SMILES string of the molecule is COCCn1ncc(Br)c1C(=O)c1ccc(Cl)cc1. The van der Waals surface area contributed by atoms with Crippen LogP contribution in [0.1, 0.15) is 16.1 Å². The van der Waals surface area contributed by atoms with Crippen LogP contribution in [-0.2, 0) is 11.3 Å². The van der Waals surface area contributed by atoms with Gasteiger partial charge in [0, 0.05) is 17.7 Å². The molecule has 1 aromatic carbocycles. The molecule has 1 heterocycles. The third-order valence-corrected chi connectivity index (χ3v) is 3.46. The molecule has 4 nitrogen and oxygen atoms in total. The lowest BCUT2D eigenvalue weighted by Crippen LogP contribution is -2.14. The van der Waals surface area contributed by atoms with E-state index in [1.54, 1.807) is 42.3 Å². The molecule has 0 bridgehead atoms. The highest BCUT2D eigenvalue weighted by molar-refractivity contribution is 9.10. The summed E-state index contributed by atoms with van der Waals surface area (Å²) in [6.45, 7) is 1.02. The summed E-state index contributed by atoms with van der Waals surface area (Å²) in [6.07, 6.45) is 1.61. The summed E-state index contributed by atoms with van der Waals surface area (Å²) in [6, 6.07) is 6.78. The quantitative estimate of drug-likeness (QED) is 0.783. The monoisotopic (exact) mass is 342 g/mol. The molecule has 1 aromatic heterocycles. The Hall–Kier alpha value is -1.17. The van der Waals surface area contributed by atoms with Crippen LogP contribution in [-0.4, -0.2) is 29.3 Å². The summed E-state index contributed by atoms with van der Waals surface area (Å²) in [5.41, 5.74) is 1.09. The van der Waals surface area contributed by atoms with E-state index in [0.717, 1.165) is 0 Å². The van der Waals surface area contributed by atoms with Crippen LogP contribution in [0.15, 0.2) is 34.9 Å². The van der Waals surface area contributed by atoms with Gasteiger partial charge in [-0.2, -0.15) is 5.10 Å². The Balaban J connectivity index is 2.32. The second-order valence-corrected chi connectivity index (χ2v) is 5.18. The van der Waals surface area contributed by atoms with Crippen LogP contribution in [0.25, 0.3) is 0 Å². The number of hydrogen-bond acceptors (Lipinski definition) is 3. The zero-order valence-electron chi connectivity index (χ0n) is 10.3. The average Bonchev–Trinajstić information content (AvgIpc) is 2.77. The standard InChI is InChI=1S/C13H12BrClN2O2/c1-19-7-6-17-12(11(14)8-16-17)13(18)9-2-4-10(15)5-3-9/h2-5,8H,6-7H2,1H3. The molecule has 0 atom stereocenters. The molecule has 100 valence electrons. The van der Waals surface area contributed by atoms with Gasteiger partial charge in [-0.1, -0.05) is 11.6 Å². The molecule has 0 spiro atoms. The van der Waals surface area contributed by atoms with Crippen molar-refractivity contribution in [2.75, 3.05) is 13.7 Å². The number of carbonyl (C=O) groups excluding carboxylic acids is 1. The fraction of sp³-hybridized carbons (Fsp3) is 0.231. The first-order chi connectivity index (χ1) is 9.13. The lowest BCUT2D eigenvalue weighted by molar-refractivity contribution is 0.102. The molecule has 0 N–H and O–H groups in total. The molecule has 6 heteroatoms. The molecule has 2 aromatic rings. The summed E-state index contributed by atoms with van der Waals surface area (Å²) >= 11 is 9.17. The van der Waals surface area contributed by atoms with E-state index in [1.807, 2.05) is 0 Å². The molecule has 0 unspecified atom stereocenters. The van der Waals surface area contributed by atoms with Crippen LogP contribution in [0.3, 0.4) is 0 Å². The minimum Gasteiger partial charge on any atom is -0.383 e. The zero-order valence-corrected chi connectivity index (χ0v) is 12.6. The fourth-order valence-electron chi connectivity index (χ4n) is 1.67. The molecule has 0 aliphatic heterocycles. The minimum atomic E-state index is -0.0999. The van der Waals surface area contributed by atoms with Crippen LogP contribution in [0.5, 0.6) is 0 Å². The largest absolute Gasteiger partial charge is 0.383 e. The molecule has 19 heavy (non-hydrogen) atoms. The summed E-state index contributed by atoms with van der Waals surface area (Å²) < 4.78 is 7.31. The van der Waals surface area contributed by atoms with Crippen LogP contribution in [0.2, 0.25) is 5.02 Å². The van der Waals surface area contributed by atoms with Crippen molar-refractivity contribution in [2.45, 2.75) is 6.54 Å². The van der Waals surface area contributed by atoms with Gasteiger partial charge in [-0.05, 0) is 40.2 Å². The highest BCUT2D eigenvalue weighted by atomic mass is 79.9. The molecular formula is C13H12BrClN2O2. The summed E-state index contributed by atoms with van der Waals surface area (Å²) in [4.78, 5) is 12.4. The van der Waals surface area contributed by atoms with Crippen molar-refractivity contribution in [3.8, 4) is 0 Å². The highest BCUT2D eigenvalue weighted by Crippen LogP contribution is 2.21. The number of rotatable bonds is 5. The Morgan fingerprint density at radius 3 is 2.74 bits per heavy atom. The molecule has 2 rings (SSSR count). The number of methoxy groups -OCH3 is 1. The summed E-state index contributed by atoms with van der Waals surface area (Å²) in [7, 11) is 1.61. The van der Waals surface area contributed by atoms with Crippen molar-refractivity contribution in [2.24, 2.45) is 0 Å². The van der Waals surface area contributed by atoms with E-state index in [9.17, 15) is 4.79 Å². The second kappa shape index (κ2) is 6.32. The predicted molar refractivity (Wildman–Crippen MR) is 76.7 cm³/mol. The minimum absolute atomic E-state index is 0.0999. The molecule has 0 amide bonds. The van der Waals surface area contributed by atoms with E-state index in [4.69, 9.17) is 16.3 Å². The van der Waals surface area contributed by atoms with Crippen LogP contribution < -0.4 is 0 Å². The molecule has 0 saturated heterocycles. The number of benzene rings is 1. The van der Waals surface area contributed by atoms with Gasteiger partial charge < -0.3 is 4.74 Å². The fourth-order valence-corrected chi connectivity index (χ4v) is 2.28. The van der Waals surface area contributed by atoms with Gasteiger partial charge in [0.15, 0.2) is 0 Å². The number of ketones is 1. The number of nitrogens with zero attached hydrogens (tertiary/aromatic N) is 2. The van der Waals surface area contributed by atoms with Gasteiger partial charge in [-0.15, -0.1) is 0 Å². The third kappa shape index (κ3) is 3.23. The Labute approximate surface area is 124 Å². The molecule has 0 aliphatic carbocycles. The van der Waals surface area contributed by atoms with Crippen LogP contribution in [0, 0.1) is 0 Å². The first-order valence-electron chi connectivity index (χ1n) is 5.64. The van der Waals surface area contributed by atoms with Crippen molar-refractivity contribution >= 4 is 33.3 Å². The van der Waals surface area contributed by atoms with Gasteiger partial charge in [0.05, 0.1) is 23.8 Å². The third-order valence-electron chi connectivity index (χ3n) is 2.62. The van der Waals surface area contributed by atoms with E-state index in [0.29, 0.717) is 33.9 Å². The number of hydrogen-bond donors (Lipinski definition) is 0. The maximum absolute atomic E-state index is 12.4. The van der Waals surface area contributed by atoms with Crippen molar-refractivity contribution in [1.82, 2.24) is 9.78 Å². The Morgan fingerprint density at radius 1 is 1.42 bits per heavy atom.